The number of aromatic carboxylic acids is 1. The predicted molar refractivity (Wildman–Crippen MR) is 92.9 cm³/mol. The lowest BCUT2D eigenvalue weighted by atomic mass is 10.0. The van der Waals surface area contributed by atoms with Crippen molar-refractivity contribution in [1.82, 2.24) is 9.97 Å². The number of rotatable bonds is 5. The number of benzene rings is 2. The lowest BCUT2D eigenvalue weighted by Gasteiger charge is -2.10. The number of nitrogens with one attached hydrogen (secondary N) is 1. The van der Waals surface area contributed by atoms with Crippen LogP contribution in [0.25, 0.3) is 11.1 Å². The van der Waals surface area contributed by atoms with Crippen molar-refractivity contribution in [3.8, 4) is 11.1 Å². The second-order valence-electron chi connectivity index (χ2n) is 5.42. The van der Waals surface area contributed by atoms with Gasteiger partial charge in [-0.25, -0.2) is 14.8 Å². The van der Waals surface area contributed by atoms with Gasteiger partial charge in [0, 0.05) is 12.1 Å². The van der Waals surface area contributed by atoms with E-state index in [1.54, 1.807) is 6.92 Å². The largest absolute Gasteiger partial charge is 0.476 e. The lowest BCUT2D eigenvalue weighted by Crippen LogP contribution is -2.09. The number of carboxylic acid groups (broad SMARTS) is 1. The SMILES string of the molecule is Cc1c(NCc2cccc(-c3ccccc3)c2)ncnc1C(=O)O. The molecule has 0 unspecified atom stereocenters. The molecule has 0 aliphatic heterocycles. The maximum atomic E-state index is 11.1. The van der Waals surface area contributed by atoms with Crippen molar-refractivity contribution in [3.05, 3.63) is 77.7 Å². The summed E-state index contributed by atoms with van der Waals surface area (Å²) in [7, 11) is 0. The number of nitrogens with zero attached hydrogens (tertiary/aromatic N) is 2. The highest BCUT2D eigenvalue weighted by Crippen LogP contribution is 2.21. The van der Waals surface area contributed by atoms with Crippen molar-refractivity contribution < 1.29 is 9.90 Å². The first-order valence-electron chi connectivity index (χ1n) is 7.58. The molecule has 0 bridgehead atoms. The van der Waals surface area contributed by atoms with Crippen LogP contribution in [0.4, 0.5) is 5.82 Å². The van der Waals surface area contributed by atoms with Gasteiger partial charge >= 0.3 is 5.97 Å². The van der Waals surface area contributed by atoms with Gasteiger partial charge in [0.15, 0.2) is 5.69 Å². The van der Waals surface area contributed by atoms with Crippen molar-refractivity contribution in [3.63, 3.8) is 0 Å². The Labute approximate surface area is 140 Å². The summed E-state index contributed by atoms with van der Waals surface area (Å²) >= 11 is 0. The maximum Gasteiger partial charge on any atom is 0.354 e. The molecule has 3 aromatic rings. The minimum atomic E-state index is -1.05. The van der Waals surface area contributed by atoms with Gasteiger partial charge in [0.25, 0.3) is 0 Å². The minimum absolute atomic E-state index is 0.0190. The molecular weight excluding hydrogens is 302 g/mol. The Kier molecular flexibility index (Phi) is 4.52. The second-order valence-corrected chi connectivity index (χ2v) is 5.42. The first kappa shape index (κ1) is 15.7. The molecule has 1 aromatic heterocycles. The number of carbonyl (C=O) groups is 1. The molecule has 2 N–H and O–H groups in total. The van der Waals surface area contributed by atoms with E-state index in [9.17, 15) is 4.79 Å². The number of carboxylic acids is 1. The van der Waals surface area contributed by atoms with Crippen LogP contribution in [0.15, 0.2) is 60.9 Å². The Hall–Kier alpha value is -3.21. The molecule has 1 heterocycles. The van der Waals surface area contributed by atoms with E-state index >= 15 is 0 Å². The van der Waals surface area contributed by atoms with Crippen LogP contribution in [0.1, 0.15) is 21.6 Å². The van der Waals surface area contributed by atoms with Crippen molar-refractivity contribution in [2.45, 2.75) is 13.5 Å². The molecule has 3 rings (SSSR count). The van der Waals surface area contributed by atoms with Crippen molar-refractivity contribution in [2.75, 3.05) is 5.32 Å². The maximum absolute atomic E-state index is 11.1. The van der Waals surface area contributed by atoms with Crippen LogP contribution < -0.4 is 5.32 Å². The highest BCUT2D eigenvalue weighted by molar-refractivity contribution is 5.88. The Balaban J connectivity index is 1.79. The van der Waals surface area contributed by atoms with Crippen LogP contribution in [0, 0.1) is 6.92 Å². The molecule has 5 nitrogen and oxygen atoms in total. The Morgan fingerprint density at radius 3 is 2.54 bits per heavy atom. The molecule has 0 saturated heterocycles. The van der Waals surface area contributed by atoms with Crippen LogP contribution in [0.5, 0.6) is 0 Å². The average Bonchev–Trinajstić information content (AvgIpc) is 2.61. The van der Waals surface area contributed by atoms with Gasteiger partial charge in [-0.05, 0) is 29.7 Å². The van der Waals surface area contributed by atoms with Gasteiger partial charge < -0.3 is 10.4 Å². The highest BCUT2D eigenvalue weighted by atomic mass is 16.4. The molecule has 0 radical (unpaired) electrons. The zero-order chi connectivity index (χ0) is 16.9. The van der Waals surface area contributed by atoms with Crippen LogP contribution in [-0.2, 0) is 6.54 Å². The van der Waals surface area contributed by atoms with E-state index in [2.05, 4.69) is 39.6 Å². The smallest absolute Gasteiger partial charge is 0.354 e. The van der Waals surface area contributed by atoms with E-state index in [0.29, 0.717) is 17.9 Å². The summed E-state index contributed by atoms with van der Waals surface area (Å²) in [5, 5.41) is 12.3. The van der Waals surface area contributed by atoms with E-state index in [-0.39, 0.29) is 5.69 Å². The molecule has 0 aliphatic rings. The molecule has 0 atom stereocenters. The van der Waals surface area contributed by atoms with E-state index < -0.39 is 5.97 Å². The summed E-state index contributed by atoms with van der Waals surface area (Å²) in [6, 6.07) is 18.4. The van der Waals surface area contributed by atoms with Gasteiger partial charge in [-0.15, -0.1) is 0 Å². The van der Waals surface area contributed by atoms with Crippen molar-refractivity contribution in [2.24, 2.45) is 0 Å². The topological polar surface area (TPSA) is 75.1 Å². The molecule has 120 valence electrons. The van der Waals surface area contributed by atoms with Crippen LogP contribution in [0.3, 0.4) is 0 Å². The van der Waals surface area contributed by atoms with Gasteiger partial charge in [-0.3, -0.25) is 0 Å². The molecule has 0 fully saturated rings. The standard InChI is InChI=1S/C19H17N3O2/c1-13-17(19(23)24)21-12-22-18(13)20-11-14-6-5-9-16(10-14)15-7-3-2-4-8-15/h2-10,12H,11H2,1H3,(H,23,24)(H,20,21,22). The molecule has 24 heavy (non-hydrogen) atoms. The third-order valence-electron chi connectivity index (χ3n) is 3.78. The number of anilines is 1. The molecular formula is C19H17N3O2. The Morgan fingerprint density at radius 2 is 1.79 bits per heavy atom. The third kappa shape index (κ3) is 3.41. The molecule has 0 spiro atoms. The van der Waals surface area contributed by atoms with Gasteiger partial charge in [0.1, 0.15) is 12.1 Å². The van der Waals surface area contributed by atoms with Crippen LogP contribution >= 0.6 is 0 Å². The van der Waals surface area contributed by atoms with Gasteiger partial charge in [-0.2, -0.15) is 0 Å². The lowest BCUT2D eigenvalue weighted by molar-refractivity contribution is 0.0689. The summed E-state index contributed by atoms with van der Waals surface area (Å²) in [5.74, 6) is -0.517. The number of hydrogen-bond acceptors (Lipinski definition) is 4. The minimum Gasteiger partial charge on any atom is -0.476 e. The first-order chi connectivity index (χ1) is 11.6. The van der Waals surface area contributed by atoms with Crippen LogP contribution in [-0.4, -0.2) is 21.0 Å². The summed E-state index contributed by atoms with van der Waals surface area (Å²) in [5.41, 5.74) is 3.94. The fourth-order valence-electron chi connectivity index (χ4n) is 2.52. The van der Waals surface area contributed by atoms with E-state index in [1.165, 1.54) is 6.33 Å². The summed E-state index contributed by atoms with van der Waals surface area (Å²) < 4.78 is 0. The molecule has 2 aromatic carbocycles. The second kappa shape index (κ2) is 6.91. The zero-order valence-corrected chi connectivity index (χ0v) is 13.2. The van der Waals surface area contributed by atoms with Crippen molar-refractivity contribution in [1.29, 1.82) is 0 Å². The predicted octanol–water partition coefficient (Wildman–Crippen LogP) is 3.76. The van der Waals surface area contributed by atoms with Gasteiger partial charge in [0.05, 0.1) is 0 Å². The number of aromatic nitrogens is 2. The first-order valence-corrected chi connectivity index (χ1v) is 7.58. The van der Waals surface area contributed by atoms with Crippen LogP contribution in [0.2, 0.25) is 0 Å². The quantitative estimate of drug-likeness (QED) is 0.749. The van der Waals surface area contributed by atoms with Gasteiger partial charge in [-0.1, -0.05) is 48.5 Å². The molecule has 0 amide bonds. The number of hydrogen-bond donors (Lipinski definition) is 2. The zero-order valence-electron chi connectivity index (χ0n) is 13.2. The van der Waals surface area contributed by atoms with E-state index in [4.69, 9.17) is 5.11 Å². The Morgan fingerprint density at radius 1 is 1.04 bits per heavy atom. The van der Waals surface area contributed by atoms with Gasteiger partial charge in [0.2, 0.25) is 0 Å². The average molecular weight is 319 g/mol. The van der Waals surface area contributed by atoms with E-state index in [0.717, 1.165) is 16.7 Å². The van der Waals surface area contributed by atoms with E-state index in [1.807, 2.05) is 30.3 Å². The summed E-state index contributed by atoms with van der Waals surface area (Å²) in [6.07, 6.45) is 1.26. The summed E-state index contributed by atoms with van der Waals surface area (Å²) in [6.45, 7) is 2.25. The fraction of sp³-hybridized carbons (Fsp3) is 0.105. The fourth-order valence-corrected chi connectivity index (χ4v) is 2.52. The summed E-state index contributed by atoms with van der Waals surface area (Å²) in [4.78, 5) is 19.1. The monoisotopic (exact) mass is 319 g/mol. The molecule has 5 heteroatoms. The molecule has 0 aliphatic carbocycles. The molecule has 0 saturated carbocycles. The normalized spacial score (nSPS) is 10.4. The highest BCUT2D eigenvalue weighted by Gasteiger charge is 2.12. The third-order valence-corrected chi connectivity index (χ3v) is 3.78. The Bertz CT molecular complexity index is 863. The van der Waals surface area contributed by atoms with Crippen molar-refractivity contribution >= 4 is 11.8 Å².